The average molecular weight is 282 g/mol. The van der Waals surface area contributed by atoms with Crippen molar-refractivity contribution in [3.63, 3.8) is 0 Å². The smallest absolute Gasteiger partial charge is 0.303 e. The Bertz CT molecular complexity index is 737. The first-order chi connectivity index (χ1) is 9.84. The first kappa shape index (κ1) is 15.0. The van der Waals surface area contributed by atoms with Crippen LogP contribution < -0.4 is 0 Å². The average Bonchev–Trinajstić information content (AvgIpc) is 2.42. The van der Waals surface area contributed by atoms with Crippen molar-refractivity contribution in [1.82, 2.24) is 4.98 Å². The third-order valence-electron chi connectivity index (χ3n) is 3.41. The van der Waals surface area contributed by atoms with E-state index in [1.54, 1.807) is 0 Å². The highest BCUT2D eigenvalue weighted by molar-refractivity contribution is 5.85. The summed E-state index contributed by atoms with van der Waals surface area (Å²) in [5.41, 5.74) is 2.57. The SMILES string of the molecule is CC(C)(C)c1nc2ccccc2c(CCC(=O)O)c1C#N. The maximum Gasteiger partial charge on any atom is 0.303 e. The molecule has 0 saturated carbocycles. The second kappa shape index (κ2) is 5.53. The van der Waals surface area contributed by atoms with E-state index in [1.807, 2.05) is 45.0 Å². The van der Waals surface area contributed by atoms with E-state index in [9.17, 15) is 10.1 Å². The molecule has 0 saturated heterocycles. The molecule has 0 aliphatic rings. The monoisotopic (exact) mass is 282 g/mol. The number of carboxylic acids is 1. The van der Waals surface area contributed by atoms with Gasteiger partial charge in [0.1, 0.15) is 6.07 Å². The number of fused-ring (bicyclic) bond motifs is 1. The van der Waals surface area contributed by atoms with Crippen LogP contribution in [0.2, 0.25) is 0 Å². The van der Waals surface area contributed by atoms with E-state index in [0.29, 0.717) is 12.0 Å². The molecular formula is C17H18N2O2. The molecule has 0 aliphatic carbocycles. The fourth-order valence-electron chi connectivity index (χ4n) is 2.44. The fourth-order valence-corrected chi connectivity index (χ4v) is 2.44. The highest BCUT2D eigenvalue weighted by Crippen LogP contribution is 2.31. The number of benzene rings is 1. The molecule has 1 N–H and O–H groups in total. The van der Waals surface area contributed by atoms with Gasteiger partial charge in [0, 0.05) is 17.2 Å². The molecule has 2 aromatic rings. The van der Waals surface area contributed by atoms with Gasteiger partial charge in [-0.1, -0.05) is 39.0 Å². The Balaban J connectivity index is 2.77. The van der Waals surface area contributed by atoms with Crippen molar-refractivity contribution in [3.05, 3.63) is 41.1 Å². The Kier molecular flexibility index (Phi) is 3.95. The summed E-state index contributed by atoms with van der Waals surface area (Å²) in [6, 6.07) is 9.80. The molecule has 21 heavy (non-hydrogen) atoms. The van der Waals surface area contributed by atoms with Crippen LogP contribution in [0.3, 0.4) is 0 Å². The minimum atomic E-state index is -0.864. The molecule has 0 bridgehead atoms. The minimum absolute atomic E-state index is 0.00622. The molecule has 108 valence electrons. The molecule has 4 heteroatoms. The number of carboxylic acid groups (broad SMARTS) is 1. The standard InChI is InChI=1S/C17H18N2O2/c1-17(2,3)16-13(10-18)11(8-9-15(20)21)12-6-4-5-7-14(12)19-16/h4-7H,8-9H2,1-3H3,(H,20,21). The molecule has 0 atom stereocenters. The van der Waals surface area contributed by atoms with Gasteiger partial charge in [0.25, 0.3) is 0 Å². The number of aliphatic carboxylic acids is 1. The Morgan fingerprint density at radius 2 is 2.00 bits per heavy atom. The van der Waals surface area contributed by atoms with Crippen LogP contribution in [0.4, 0.5) is 0 Å². The van der Waals surface area contributed by atoms with E-state index in [1.165, 1.54) is 0 Å². The third kappa shape index (κ3) is 3.03. The molecule has 0 spiro atoms. The summed E-state index contributed by atoms with van der Waals surface area (Å²) in [6.07, 6.45) is 0.344. The van der Waals surface area contributed by atoms with Crippen molar-refractivity contribution < 1.29 is 9.90 Å². The van der Waals surface area contributed by atoms with Crippen LogP contribution in [0.1, 0.15) is 44.0 Å². The van der Waals surface area contributed by atoms with Crippen molar-refractivity contribution in [2.75, 3.05) is 0 Å². The predicted octanol–water partition coefficient (Wildman–Crippen LogP) is 3.42. The van der Waals surface area contributed by atoms with Gasteiger partial charge in [-0.3, -0.25) is 9.78 Å². The second-order valence-electron chi connectivity index (χ2n) is 6.09. The molecule has 0 radical (unpaired) electrons. The Labute approximate surface area is 124 Å². The number of aryl methyl sites for hydroxylation is 1. The lowest BCUT2D eigenvalue weighted by Crippen LogP contribution is -2.18. The van der Waals surface area contributed by atoms with Gasteiger partial charge < -0.3 is 5.11 Å². The van der Waals surface area contributed by atoms with E-state index >= 15 is 0 Å². The van der Waals surface area contributed by atoms with Gasteiger partial charge in [0.15, 0.2) is 0 Å². The Morgan fingerprint density at radius 3 is 2.57 bits per heavy atom. The number of rotatable bonds is 3. The third-order valence-corrected chi connectivity index (χ3v) is 3.41. The number of pyridine rings is 1. The van der Waals surface area contributed by atoms with Gasteiger partial charge in [-0.05, 0) is 18.1 Å². The van der Waals surface area contributed by atoms with E-state index in [-0.39, 0.29) is 11.8 Å². The van der Waals surface area contributed by atoms with Crippen LogP contribution in [-0.4, -0.2) is 16.1 Å². The number of hydrogen-bond donors (Lipinski definition) is 1. The maximum atomic E-state index is 10.9. The van der Waals surface area contributed by atoms with E-state index in [0.717, 1.165) is 22.2 Å². The molecule has 4 nitrogen and oxygen atoms in total. The second-order valence-corrected chi connectivity index (χ2v) is 6.09. The van der Waals surface area contributed by atoms with Crippen molar-refractivity contribution in [2.45, 2.75) is 39.0 Å². The maximum absolute atomic E-state index is 10.9. The van der Waals surface area contributed by atoms with Crippen LogP contribution in [0, 0.1) is 11.3 Å². The summed E-state index contributed by atoms with van der Waals surface area (Å²) >= 11 is 0. The van der Waals surface area contributed by atoms with Gasteiger partial charge in [-0.15, -0.1) is 0 Å². The van der Waals surface area contributed by atoms with Crippen molar-refractivity contribution >= 4 is 16.9 Å². The van der Waals surface area contributed by atoms with Gasteiger partial charge in [-0.25, -0.2) is 0 Å². The summed E-state index contributed by atoms with van der Waals surface area (Å²) in [4.78, 5) is 15.5. The van der Waals surface area contributed by atoms with Crippen LogP contribution in [-0.2, 0) is 16.6 Å². The number of nitriles is 1. The summed E-state index contributed by atoms with van der Waals surface area (Å²) in [7, 11) is 0. The van der Waals surface area contributed by atoms with Gasteiger partial charge in [-0.2, -0.15) is 5.26 Å². The van der Waals surface area contributed by atoms with Crippen LogP contribution in [0.15, 0.2) is 24.3 Å². The van der Waals surface area contributed by atoms with Crippen LogP contribution in [0.25, 0.3) is 10.9 Å². The summed E-state index contributed by atoms with van der Waals surface area (Å²) in [5.74, 6) is -0.864. The highest BCUT2D eigenvalue weighted by Gasteiger charge is 2.24. The Morgan fingerprint density at radius 1 is 1.33 bits per heavy atom. The zero-order valence-electron chi connectivity index (χ0n) is 12.5. The van der Waals surface area contributed by atoms with Gasteiger partial charge >= 0.3 is 5.97 Å². The first-order valence-corrected chi connectivity index (χ1v) is 6.88. The topological polar surface area (TPSA) is 74.0 Å². The number of aromatic nitrogens is 1. The normalized spacial score (nSPS) is 11.3. The lowest BCUT2D eigenvalue weighted by molar-refractivity contribution is -0.136. The quantitative estimate of drug-likeness (QED) is 0.936. The minimum Gasteiger partial charge on any atom is -0.481 e. The number of hydrogen-bond acceptors (Lipinski definition) is 3. The van der Waals surface area contributed by atoms with Crippen molar-refractivity contribution in [2.24, 2.45) is 0 Å². The number of para-hydroxylation sites is 1. The lowest BCUT2D eigenvalue weighted by Gasteiger charge is -2.22. The molecule has 0 amide bonds. The van der Waals surface area contributed by atoms with Gasteiger partial charge in [0.05, 0.1) is 16.8 Å². The van der Waals surface area contributed by atoms with E-state index in [2.05, 4.69) is 11.1 Å². The zero-order chi connectivity index (χ0) is 15.6. The van der Waals surface area contributed by atoms with Gasteiger partial charge in [0.2, 0.25) is 0 Å². The predicted molar refractivity (Wildman–Crippen MR) is 81.1 cm³/mol. The first-order valence-electron chi connectivity index (χ1n) is 6.88. The largest absolute Gasteiger partial charge is 0.481 e. The zero-order valence-corrected chi connectivity index (χ0v) is 12.5. The van der Waals surface area contributed by atoms with E-state index < -0.39 is 5.97 Å². The lowest BCUT2D eigenvalue weighted by atomic mass is 9.85. The summed E-state index contributed by atoms with van der Waals surface area (Å²) < 4.78 is 0. The van der Waals surface area contributed by atoms with Crippen LogP contribution >= 0.6 is 0 Å². The number of nitrogens with zero attached hydrogens (tertiary/aromatic N) is 2. The summed E-state index contributed by atoms with van der Waals surface area (Å²) in [5, 5.41) is 19.4. The molecule has 1 aromatic heterocycles. The molecule has 2 rings (SSSR count). The van der Waals surface area contributed by atoms with E-state index in [4.69, 9.17) is 5.11 Å². The van der Waals surface area contributed by atoms with Crippen molar-refractivity contribution in [3.8, 4) is 6.07 Å². The highest BCUT2D eigenvalue weighted by atomic mass is 16.4. The van der Waals surface area contributed by atoms with Crippen molar-refractivity contribution in [1.29, 1.82) is 5.26 Å². The van der Waals surface area contributed by atoms with Crippen LogP contribution in [0.5, 0.6) is 0 Å². The fraction of sp³-hybridized carbons (Fsp3) is 0.353. The molecule has 0 unspecified atom stereocenters. The molecule has 0 fully saturated rings. The molecule has 1 aromatic carbocycles. The molecular weight excluding hydrogens is 264 g/mol. The molecule has 1 heterocycles. The Hall–Kier alpha value is -2.41. The summed E-state index contributed by atoms with van der Waals surface area (Å²) in [6.45, 7) is 6.02. The molecule has 0 aliphatic heterocycles. The number of carbonyl (C=O) groups is 1.